The number of hydrogen-bond donors (Lipinski definition) is 4. The van der Waals surface area contributed by atoms with Gasteiger partial charge < -0.3 is 30.8 Å². The van der Waals surface area contributed by atoms with E-state index < -0.39 is 46.7 Å². The van der Waals surface area contributed by atoms with Crippen molar-refractivity contribution in [3.63, 3.8) is 0 Å². The number of nitrogens with zero attached hydrogens (tertiary/aromatic N) is 3. The first kappa shape index (κ1) is 25.4. The molecule has 1 saturated carbocycles. The van der Waals surface area contributed by atoms with Gasteiger partial charge in [0.25, 0.3) is 11.8 Å². The van der Waals surface area contributed by atoms with Crippen molar-refractivity contribution >= 4 is 63.7 Å². The molecule has 1 unspecified atom stereocenters. The third kappa shape index (κ3) is 4.60. The highest BCUT2D eigenvalue weighted by molar-refractivity contribution is 8.00. The van der Waals surface area contributed by atoms with E-state index in [2.05, 4.69) is 15.5 Å². The van der Waals surface area contributed by atoms with Crippen LogP contribution in [0.3, 0.4) is 0 Å². The Morgan fingerprint density at radius 2 is 2.06 bits per heavy atom. The molecule has 1 aromatic heterocycles. The zero-order valence-corrected chi connectivity index (χ0v) is 20.4. The van der Waals surface area contributed by atoms with Crippen molar-refractivity contribution in [3.05, 3.63) is 22.3 Å². The minimum Gasteiger partial charge on any atom is -0.478 e. The first-order chi connectivity index (χ1) is 17.0. The summed E-state index contributed by atoms with van der Waals surface area (Å²) in [5, 5.41) is 26.3. The lowest BCUT2D eigenvalue weighted by molar-refractivity contribution is -0.178. The van der Waals surface area contributed by atoms with Gasteiger partial charge in [-0.15, -0.1) is 23.1 Å². The van der Waals surface area contributed by atoms with E-state index in [1.165, 1.54) is 24.1 Å². The molecule has 0 spiro atoms. The molecule has 3 aliphatic rings. The highest BCUT2D eigenvalue weighted by atomic mass is 32.2. The van der Waals surface area contributed by atoms with Crippen LogP contribution in [0.5, 0.6) is 0 Å². The van der Waals surface area contributed by atoms with Gasteiger partial charge in [-0.05, 0) is 6.42 Å². The minimum atomic E-state index is -1.55. The van der Waals surface area contributed by atoms with Gasteiger partial charge in [-0.1, -0.05) is 5.16 Å². The predicted molar refractivity (Wildman–Crippen MR) is 125 cm³/mol. The number of thioether (sulfide) groups is 1. The molecule has 0 radical (unpaired) electrons. The van der Waals surface area contributed by atoms with Crippen molar-refractivity contribution in [1.29, 1.82) is 0 Å². The Morgan fingerprint density at radius 3 is 2.58 bits per heavy atom. The fraction of sp³-hybridized carbons (Fsp3) is 0.450. The summed E-state index contributed by atoms with van der Waals surface area (Å²) < 4.78 is 4.89. The average molecular weight is 540 g/mol. The molecule has 1 aliphatic carbocycles. The number of fused-ring (bicyclic) bond motifs is 1. The third-order valence-electron chi connectivity index (χ3n) is 5.83. The first-order valence-corrected chi connectivity index (χ1v) is 12.5. The van der Waals surface area contributed by atoms with E-state index in [1.807, 2.05) is 0 Å². The number of carbonyl (C=O) groups excluding carboxylic acids is 3. The molecular formula is C20H21N5O9S2. The van der Waals surface area contributed by atoms with Crippen LogP contribution < -0.4 is 11.1 Å². The van der Waals surface area contributed by atoms with E-state index >= 15 is 0 Å². The van der Waals surface area contributed by atoms with Crippen LogP contribution in [-0.2, 0) is 33.5 Å². The lowest BCUT2D eigenvalue weighted by Gasteiger charge is -2.49. The van der Waals surface area contributed by atoms with Crippen LogP contribution in [0, 0.1) is 0 Å². The molecular weight excluding hydrogens is 518 g/mol. The first-order valence-electron chi connectivity index (χ1n) is 10.6. The van der Waals surface area contributed by atoms with Gasteiger partial charge in [-0.25, -0.2) is 14.6 Å². The molecule has 2 fully saturated rings. The highest BCUT2D eigenvalue weighted by Gasteiger charge is 2.54. The summed E-state index contributed by atoms with van der Waals surface area (Å²) in [5.74, 6) is -4.57. The molecule has 192 valence electrons. The second-order valence-electron chi connectivity index (χ2n) is 8.15. The fourth-order valence-electron chi connectivity index (χ4n) is 3.77. The third-order valence-corrected chi connectivity index (χ3v) is 7.84. The molecule has 1 aromatic rings. The number of aromatic nitrogens is 1. The number of nitrogens with two attached hydrogens (primary N) is 1. The van der Waals surface area contributed by atoms with Crippen molar-refractivity contribution in [2.75, 3.05) is 18.1 Å². The quantitative estimate of drug-likeness (QED) is 0.139. The Bertz CT molecular complexity index is 1210. The molecule has 14 nitrogen and oxygen atoms in total. The lowest BCUT2D eigenvalue weighted by atomic mass is 9.80. The Balaban J connectivity index is 1.54. The number of ether oxygens (including phenoxy) is 1. The zero-order valence-electron chi connectivity index (χ0n) is 18.8. The molecule has 1 saturated heterocycles. The molecule has 2 atom stereocenters. The van der Waals surface area contributed by atoms with Crippen LogP contribution in [0.1, 0.15) is 31.9 Å². The smallest absolute Gasteiger partial charge is 0.352 e. The van der Waals surface area contributed by atoms with Crippen LogP contribution >= 0.6 is 23.1 Å². The second-order valence-corrected chi connectivity index (χ2v) is 10.1. The summed E-state index contributed by atoms with van der Waals surface area (Å²) in [4.78, 5) is 70.9. The zero-order chi connectivity index (χ0) is 26.2. The number of rotatable bonds is 9. The number of β-lactam (4-membered cyclic amide) rings is 1. The van der Waals surface area contributed by atoms with E-state index in [1.54, 1.807) is 0 Å². The molecule has 4 rings (SSSR count). The highest BCUT2D eigenvalue weighted by Crippen LogP contribution is 2.40. The summed E-state index contributed by atoms with van der Waals surface area (Å²) in [6.07, 6.45) is 1.06. The number of thiazole rings is 1. The number of aliphatic carboxylic acids is 2. The molecule has 5 N–H and O–H groups in total. The number of carboxylic acids is 2. The summed E-state index contributed by atoms with van der Waals surface area (Å²) >= 11 is 2.21. The number of anilines is 1. The monoisotopic (exact) mass is 539 g/mol. The SMILES string of the molecule is CC(=O)OCC1=C(C(=O)O)N2C(=O)C(NC(=O)C(=NOC3(C(=O)O)CCC3)c3csc(N)n3)[C@@H]2SC1. The number of nitrogens with one attached hydrogen (secondary N) is 1. The van der Waals surface area contributed by atoms with Crippen molar-refractivity contribution in [1.82, 2.24) is 15.2 Å². The molecule has 0 aromatic carbocycles. The number of hydrogen-bond acceptors (Lipinski definition) is 12. The number of carbonyl (C=O) groups is 5. The van der Waals surface area contributed by atoms with Crippen molar-refractivity contribution in [2.45, 2.75) is 43.2 Å². The largest absolute Gasteiger partial charge is 0.478 e. The Morgan fingerprint density at radius 1 is 1.33 bits per heavy atom. The van der Waals surface area contributed by atoms with E-state index in [0.717, 1.165) is 16.2 Å². The standard InChI is InChI=1S/C20H21N5O9S2/c1-8(26)33-5-9-6-35-16-12(15(28)25(16)13(9)17(29)30)23-14(27)11(10-7-36-19(21)22-10)24-34-20(18(31)32)3-2-4-20/h7,12,16H,2-6H2,1H3,(H2,21,22)(H,23,27)(H,29,30)(H,31,32)/t12?,16-/m0/s1. The maximum Gasteiger partial charge on any atom is 0.352 e. The van der Waals surface area contributed by atoms with Crippen molar-refractivity contribution < 1.29 is 43.8 Å². The Kier molecular flexibility index (Phi) is 6.90. The van der Waals surface area contributed by atoms with Crippen molar-refractivity contribution in [3.8, 4) is 0 Å². The van der Waals surface area contributed by atoms with Gasteiger partial charge >= 0.3 is 17.9 Å². The molecule has 0 bridgehead atoms. The summed E-state index contributed by atoms with van der Waals surface area (Å²) in [6, 6.07) is -1.09. The molecule has 36 heavy (non-hydrogen) atoms. The van der Waals surface area contributed by atoms with Crippen LogP contribution in [-0.4, -0.2) is 84.9 Å². The molecule has 3 heterocycles. The van der Waals surface area contributed by atoms with Gasteiger partial charge in [0.05, 0.1) is 0 Å². The average Bonchev–Trinajstić information content (AvgIpc) is 3.22. The number of amides is 2. The maximum absolute atomic E-state index is 13.1. The predicted octanol–water partition coefficient (Wildman–Crippen LogP) is -0.245. The Labute approximate surface area is 211 Å². The number of oxime groups is 1. The van der Waals surface area contributed by atoms with Gasteiger partial charge in [0.15, 0.2) is 10.8 Å². The lowest BCUT2D eigenvalue weighted by Crippen LogP contribution is -2.71. The van der Waals surface area contributed by atoms with Crippen LogP contribution in [0.2, 0.25) is 0 Å². The Hall–Kier alpha value is -3.66. The van der Waals surface area contributed by atoms with Gasteiger partial charge in [0, 0.05) is 36.5 Å². The summed E-state index contributed by atoms with van der Waals surface area (Å²) in [7, 11) is 0. The van der Waals surface area contributed by atoms with Crippen molar-refractivity contribution in [2.24, 2.45) is 5.16 Å². The number of nitrogen functional groups attached to an aromatic ring is 1. The van der Waals surface area contributed by atoms with E-state index in [9.17, 15) is 34.2 Å². The van der Waals surface area contributed by atoms with Gasteiger partial charge in [0.1, 0.15) is 29.4 Å². The summed E-state index contributed by atoms with van der Waals surface area (Å²) in [6.45, 7) is 0.907. The molecule has 2 amide bonds. The van der Waals surface area contributed by atoms with Gasteiger partial charge in [-0.2, -0.15) is 0 Å². The van der Waals surface area contributed by atoms with E-state index in [4.69, 9.17) is 15.3 Å². The number of esters is 1. The van der Waals surface area contributed by atoms with Crippen LogP contribution in [0.4, 0.5) is 5.13 Å². The van der Waals surface area contributed by atoms with Crippen LogP contribution in [0.25, 0.3) is 0 Å². The maximum atomic E-state index is 13.1. The molecule has 2 aliphatic heterocycles. The summed E-state index contributed by atoms with van der Waals surface area (Å²) in [5.41, 5.74) is 3.74. The van der Waals surface area contributed by atoms with Crippen LogP contribution in [0.15, 0.2) is 21.8 Å². The topological polar surface area (TPSA) is 211 Å². The minimum absolute atomic E-state index is 0.0320. The van der Waals surface area contributed by atoms with E-state index in [-0.39, 0.29) is 53.0 Å². The number of carboxylic acid groups (broad SMARTS) is 2. The fourth-order valence-corrected chi connectivity index (χ4v) is 5.64. The second kappa shape index (κ2) is 9.77. The normalized spacial score (nSPS) is 22.6. The van der Waals surface area contributed by atoms with E-state index in [0.29, 0.717) is 6.42 Å². The van der Waals surface area contributed by atoms with Gasteiger partial charge in [-0.3, -0.25) is 19.3 Å². The van der Waals surface area contributed by atoms with Gasteiger partial charge in [0.2, 0.25) is 5.60 Å². The molecule has 16 heteroatoms.